The number of benzene rings is 2. The van der Waals surface area contributed by atoms with Gasteiger partial charge in [0.05, 0.1) is 12.0 Å². The molecule has 0 heterocycles. The van der Waals surface area contributed by atoms with Crippen molar-refractivity contribution in [3.05, 3.63) is 64.7 Å². The molecule has 0 N–H and O–H groups in total. The molecule has 0 saturated heterocycles. The largest absolute Gasteiger partial charge is 0.366 e. The Bertz CT molecular complexity index is 615. The zero-order chi connectivity index (χ0) is 15.2. The van der Waals surface area contributed by atoms with Gasteiger partial charge in [-0.2, -0.15) is 0 Å². The molecule has 2 nitrogen and oxygen atoms in total. The van der Waals surface area contributed by atoms with Gasteiger partial charge in [0, 0.05) is 13.6 Å². The predicted molar refractivity (Wildman–Crippen MR) is 91.6 cm³/mol. The number of hydrogen-bond acceptors (Lipinski definition) is 1. The molecule has 2 aromatic rings. The fourth-order valence-corrected chi connectivity index (χ4v) is 2.25. The van der Waals surface area contributed by atoms with Gasteiger partial charge in [-0.25, -0.2) is 4.99 Å². The van der Waals surface area contributed by atoms with Crippen LogP contribution in [0.2, 0.25) is 0 Å². The van der Waals surface area contributed by atoms with Crippen molar-refractivity contribution >= 4 is 12.0 Å². The van der Waals surface area contributed by atoms with E-state index in [9.17, 15) is 0 Å². The van der Waals surface area contributed by atoms with Crippen LogP contribution in [0.15, 0.2) is 47.5 Å². The summed E-state index contributed by atoms with van der Waals surface area (Å²) in [5.74, 6) is 0. The average molecular weight is 280 g/mol. The maximum absolute atomic E-state index is 4.59. The summed E-state index contributed by atoms with van der Waals surface area (Å²) < 4.78 is 0. The van der Waals surface area contributed by atoms with Gasteiger partial charge in [0.2, 0.25) is 0 Å². The van der Waals surface area contributed by atoms with Crippen LogP contribution in [0.25, 0.3) is 0 Å². The van der Waals surface area contributed by atoms with Gasteiger partial charge in [-0.3, -0.25) is 0 Å². The van der Waals surface area contributed by atoms with E-state index in [0.29, 0.717) is 0 Å². The Labute approximate surface area is 128 Å². The van der Waals surface area contributed by atoms with Crippen LogP contribution in [0.5, 0.6) is 0 Å². The molecular weight excluding hydrogens is 256 g/mol. The molecule has 0 aliphatic rings. The van der Waals surface area contributed by atoms with E-state index in [1.807, 2.05) is 13.4 Å². The summed E-state index contributed by atoms with van der Waals surface area (Å²) in [6, 6.07) is 15.1. The monoisotopic (exact) mass is 280 g/mol. The number of aliphatic imine (C=N–C) groups is 1. The first kappa shape index (κ1) is 15.3. The van der Waals surface area contributed by atoms with E-state index in [0.717, 1.165) is 18.7 Å². The minimum absolute atomic E-state index is 0.966. The molecule has 110 valence electrons. The average Bonchev–Trinajstić information content (AvgIpc) is 2.50. The van der Waals surface area contributed by atoms with Crippen molar-refractivity contribution in [1.82, 2.24) is 4.90 Å². The van der Waals surface area contributed by atoms with Crippen molar-refractivity contribution < 1.29 is 0 Å². The van der Waals surface area contributed by atoms with Crippen LogP contribution in [0.4, 0.5) is 5.69 Å². The van der Waals surface area contributed by atoms with Gasteiger partial charge in [-0.1, -0.05) is 36.4 Å². The summed E-state index contributed by atoms with van der Waals surface area (Å²) >= 11 is 0. The fourth-order valence-electron chi connectivity index (χ4n) is 2.25. The van der Waals surface area contributed by atoms with Gasteiger partial charge in [-0.05, 0) is 55.5 Å². The van der Waals surface area contributed by atoms with Crippen LogP contribution in [-0.2, 0) is 6.42 Å². The molecule has 0 aliphatic carbocycles. The Morgan fingerprint density at radius 3 is 2.43 bits per heavy atom. The SMILES string of the molecule is CCN(C)C=Nc1cc(C)c(Cc2ccccc2)cc1C. The Morgan fingerprint density at radius 2 is 1.76 bits per heavy atom. The van der Waals surface area contributed by atoms with Gasteiger partial charge in [0.25, 0.3) is 0 Å². The number of aryl methyl sites for hydroxylation is 2. The Balaban J connectivity index is 2.23. The normalized spacial score (nSPS) is 11.0. The molecule has 0 spiro atoms. The molecule has 21 heavy (non-hydrogen) atoms. The second kappa shape index (κ2) is 7.07. The first-order chi connectivity index (χ1) is 10.1. The molecular formula is C19H24N2. The van der Waals surface area contributed by atoms with E-state index >= 15 is 0 Å². The lowest BCUT2D eigenvalue weighted by Gasteiger charge is -2.12. The van der Waals surface area contributed by atoms with Crippen LogP contribution < -0.4 is 0 Å². The van der Waals surface area contributed by atoms with E-state index in [1.54, 1.807) is 0 Å². The molecule has 0 atom stereocenters. The standard InChI is InChI=1S/C19H24N2/c1-5-21(4)14-20-19-12-15(2)18(11-16(19)3)13-17-9-7-6-8-10-17/h6-12,14H,5,13H2,1-4H3. The highest BCUT2D eigenvalue weighted by Crippen LogP contribution is 2.24. The number of rotatable bonds is 5. The Morgan fingerprint density at radius 1 is 1.05 bits per heavy atom. The summed E-state index contributed by atoms with van der Waals surface area (Å²) in [7, 11) is 2.04. The molecule has 0 saturated carbocycles. The van der Waals surface area contributed by atoms with Crippen LogP contribution >= 0.6 is 0 Å². The third-order valence-corrected chi connectivity index (χ3v) is 3.78. The van der Waals surface area contributed by atoms with Crippen molar-refractivity contribution in [3.8, 4) is 0 Å². The lowest BCUT2D eigenvalue weighted by Crippen LogP contribution is -2.14. The topological polar surface area (TPSA) is 15.6 Å². The first-order valence-corrected chi connectivity index (χ1v) is 7.48. The molecule has 0 aliphatic heterocycles. The third-order valence-electron chi connectivity index (χ3n) is 3.78. The van der Waals surface area contributed by atoms with Crippen molar-refractivity contribution in [1.29, 1.82) is 0 Å². The quantitative estimate of drug-likeness (QED) is 0.581. The number of nitrogens with zero attached hydrogens (tertiary/aromatic N) is 2. The smallest absolute Gasteiger partial charge is 0.0909 e. The summed E-state index contributed by atoms with van der Waals surface area (Å²) in [5, 5.41) is 0. The van der Waals surface area contributed by atoms with Crippen LogP contribution in [-0.4, -0.2) is 24.8 Å². The van der Waals surface area contributed by atoms with Gasteiger partial charge in [0.15, 0.2) is 0 Å². The minimum atomic E-state index is 0.966. The van der Waals surface area contributed by atoms with E-state index < -0.39 is 0 Å². The zero-order valence-corrected chi connectivity index (χ0v) is 13.4. The maximum Gasteiger partial charge on any atom is 0.0909 e. The molecule has 2 aromatic carbocycles. The summed E-state index contributed by atoms with van der Waals surface area (Å²) in [6.07, 6.45) is 2.88. The summed E-state index contributed by atoms with van der Waals surface area (Å²) in [4.78, 5) is 6.66. The molecule has 0 unspecified atom stereocenters. The molecule has 0 fully saturated rings. The van der Waals surface area contributed by atoms with Crippen molar-refractivity contribution in [2.75, 3.05) is 13.6 Å². The van der Waals surface area contributed by atoms with Gasteiger partial charge in [0.1, 0.15) is 0 Å². The second-order valence-electron chi connectivity index (χ2n) is 5.55. The van der Waals surface area contributed by atoms with Crippen molar-refractivity contribution in [2.24, 2.45) is 4.99 Å². The number of hydrogen-bond donors (Lipinski definition) is 0. The maximum atomic E-state index is 4.59. The third kappa shape index (κ3) is 4.19. The Hall–Kier alpha value is -2.09. The molecule has 0 radical (unpaired) electrons. The van der Waals surface area contributed by atoms with Crippen LogP contribution in [0.1, 0.15) is 29.2 Å². The summed E-state index contributed by atoms with van der Waals surface area (Å²) in [5.41, 5.74) is 6.32. The van der Waals surface area contributed by atoms with Gasteiger partial charge in [-0.15, -0.1) is 0 Å². The van der Waals surface area contributed by atoms with Crippen molar-refractivity contribution in [3.63, 3.8) is 0 Å². The van der Waals surface area contributed by atoms with E-state index in [4.69, 9.17) is 0 Å². The minimum Gasteiger partial charge on any atom is -0.366 e. The summed E-state index contributed by atoms with van der Waals surface area (Å²) in [6.45, 7) is 7.38. The lowest BCUT2D eigenvalue weighted by atomic mass is 9.97. The van der Waals surface area contributed by atoms with Crippen LogP contribution in [0.3, 0.4) is 0 Å². The molecule has 0 aromatic heterocycles. The predicted octanol–water partition coefficient (Wildman–Crippen LogP) is 4.51. The van der Waals surface area contributed by atoms with E-state index in [-0.39, 0.29) is 0 Å². The van der Waals surface area contributed by atoms with E-state index in [1.165, 1.54) is 22.3 Å². The molecule has 2 rings (SSSR count). The van der Waals surface area contributed by atoms with Crippen molar-refractivity contribution in [2.45, 2.75) is 27.2 Å². The highest BCUT2D eigenvalue weighted by molar-refractivity contribution is 5.64. The molecule has 0 amide bonds. The highest BCUT2D eigenvalue weighted by Gasteiger charge is 2.05. The lowest BCUT2D eigenvalue weighted by molar-refractivity contribution is 0.552. The Kier molecular flexibility index (Phi) is 5.15. The van der Waals surface area contributed by atoms with Crippen LogP contribution in [0, 0.1) is 13.8 Å². The molecule has 0 bridgehead atoms. The van der Waals surface area contributed by atoms with E-state index in [2.05, 4.69) is 73.1 Å². The van der Waals surface area contributed by atoms with Gasteiger partial charge < -0.3 is 4.90 Å². The zero-order valence-electron chi connectivity index (χ0n) is 13.4. The fraction of sp³-hybridized carbons (Fsp3) is 0.316. The highest BCUT2D eigenvalue weighted by atomic mass is 15.1. The first-order valence-electron chi connectivity index (χ1n) is 7.48. The second-order valence-corrected chi connectivity index (χ2v) is 5.55. The van der Waals surface area contributed by atoms with Gasteiger partial charge >= 0.3 is 0 Å². The molecule has 2 heteroatoms.